The number of phenolic OH excluding ortho intramolecular Hbond substituents is 1. The van der Waals surface area contributed by atoms with Gasteiger partial charge in [0.1, 0.15) is 35.1 Å². The summed E-state index contributed by atoms with van der Waals surface area (Å²) < 4.78 is 11.1. The molecule has 3 amide bonds. The Morgan fingerprint density at radius 1 is 0.702 bits per heavy atom. The van der Waals surface area contributed by atoms with Gasteiger partial charge in [0.05, 0.1) is 0 Å². The van der Waals surface area contributed by atoms with Crippen molar-refractivity contribution in [1.82, 2.24) is 15.5 Å². The van der Waals surface area contributed by atoms with Crippen molar-refractivity contribution in [3.63, 3.8) is 0 Å². The van der Waals surface area contributed by atoms with Crippen LogP contribution in [0.2, 0.25) is 0 Å². The molecule has 0 aliphatic carbocycles. The Bertz CT molecular complexity index is 1480. The summed E-state index contributed by atoms with van der Waals surface area (Å²) >= 11 is 0. The quantitative estimate of drug-likeness (QED) is 0.222. The van der Waals surface area contributed by atoms with E-state index in [4.69, 9.17) is 9.47 Å². The first kappa shape index (κ1) is 36.6. The van der Waals surface area contributed by atoms with E-state index >= 15 is 0 Å². The van der Waals surface area contributed by atoms with E-state index in [0.29, 0.717) is 11.1 Å². The van der Waals surface area contributed by atoms with E-state index in [1.54, 1.807) is 90.9 Å². The maximum Gasteiger partial charge on any atom is 0.408 e. The largest absolute Gasteiger partial charge is 0.508 e. The van der Waals surface area contributed by atoms with E-state index in [-0.39, 0.29) is 25.1 Å². The highest BCUT2D eigenvalue weighted by Crippen LogP contribution is 2.24. The van der Waals surface area contributed by atoms with Crippen LogP contribution in [0.1, 0.15) is 71.2 Å². The molecule has 0 spiro atoms. The average Bonchev–Trinajstić information content (AvgIpc) is 2.99. The Hall–Kier alpha value is -4.86. The van der Waals surface area contributed by atoms with Gasteiger partial charge in [-0.2, -0.15) is 0 Å². The van der Waals surface area contributed by atoms with Gasteiger partial charge >= 0.3 is 12.1 Å². The lowest BCUT2D eigenvalue weighted by Crippen LogP contribution is -2.55. The first-order valence-electron chi connectivity index (χ1n) is 15.8. The zero-order valence-electron chi connectivity index (χ0n) is 28.3. The lowest BCUT2D eigenvalue weighted by Gasteiger charge is -2.34. The zero-order valence-corrected chi connectivity index (χ0v) is 28.3. The molecule has 10 heteroatoms. The topological polar surface area (TPSA) is 134 Å². The molecule has 0 fully saturated rings. The van der Waals surface area contributed by atoms with Crippen molar-refractivity contribution in [2.75, 3.05) is 6.54 Å². The molecule has 0 bridgehead atoms. The van der Waals surface area contributed by atoms with Crippen molar-refractivity contribution in [2.45, 2.75) is 90.6 Å². The van der Waals surface area contributed by atoms with Crippen LogP contribution in [0.5, 0.6) is 5.75 Å². The SMILES string of the molecule is CCN(C(=O)C(Cc1ccc(O)cc1)NC(=O)OC(C)(C)C)C(C(=O)NC(Cc1ccccc1)C(=O)OC(C)(C)C)c1ccccc1. The molecule has 3 rings (SSSR count). The van der Waals surface area contributed by atoms with E-state index in [9.17, 15) is 24.3 Å². The number of nitrogens with one attached hydrogen (secondary N) is 2. The Balaban J connectivity index is 2.01. The van der Waals surface area contributed by atoms with Crippen molar-refractivity contribution >= 4 is 23.9 Å². The second-order valence-electron chi connectivity index (χ2n) is 13.3. The van der Waals surface area contributed by atoms with Gasteiger partial charge in [0.2, 0.25) is 11.8 Å². The van der Waals surface area contributed by atoms with Gasteiger partial charge in [-0.25, -0.2) is 9.59 Å². The van der Waals surface area contributed by atoms with Crippen LogP contribution in [0, 0.1) is 0 Å². The molecule has 3 N–H and O–H groups in total. The lowest BCUT2D eigenvalue weighted by molar-refractivity contribution is -0.159. The van der Waals surface area contributed by atoms with Crippen molar-refractivity contribution in [3.05, 3.63) is 102 Å². The smallest absolute Gasteiger partial charge is 0.408 e. The van der Waals surface area contributed by atoms with Crippen LogP contribution in [-0.4, -0.2) is 63.7 Å². The maximum atomic E-state index is 14.4. The molecule has 0 saturated carbocycles. The molecule has 0 aliphatic heterocycles. The molecule has 252 valence electrons. The van der Waals surface area contributed by atoms with Crippen LogP contribution in [0.25, 0.3) is 0 Å². The number of esters is 1. The number of carbonyl (C=O) groups excluding carboxylic acids is 4. The first-order chi connectivity index (χ1) is 22.1. The summed E-state index contributed by atoms with van der Waals surface area (Å²) in [7, 11) is 0. The zero-order chi connectivity index (χ0) is 34.8. The van der Waals surface area contributed by atoms with E-state index < -0.39 is 53.2 Å². The highest BCUT2D eigenvalue weighted by molar-refractivity contribution is 5.94. The standard InChI is InChI=1S/C37H47N3O7/c1-8-40(33(43)29(39-35(45)47-37(5,6)7)23-26-19-21-28(41)22-20-26)31(27-17-13-10-14-18-27)32(42)38-30(34(44)46-36(2,3)4)24-25-15-11-9-12-16-25/h9-22,29-31,41H,8,23-24H2,1-7H3,(H,38,42)(H,39,45). The van der Waals surface area contributed by atoms with E-state index in [1.807, 2.05) is 30.3 Å². The Morgan fingerprint density at radius 3 is 1.74 bits per heavy atom. The predicted octanol–water partition coefficient (Wildman–Crippen LogP) is 5.49. The molecule has 0 aromatic heterocycles. The van der Waals surface area contributed by atoms with Gasteiger partial charge in [-0.05, 0) is 77.3 Å². The fourth-order valence-electron chi connectivity index (χ4n) is 4.96. The Kier molecular flexibility index (Phi) is 12.5. The normalized spacial score (nSPS) is 13.4. The molecular weight excluding hydrogens is 598 g/mol. The summed E-state index contributed by atoms with van der Waals surface area (Å²) in [4.78, 5) is 56.4. The van der Waals surface area contributed by atoms with Crippen LogP contribution >= 0.6 is 0 Å². The van der Waals surface area contributed by atoms with Crippen molar-refractivity contribution in [2.24, 2.45) is 0 Å². The third kappa shape index (κ3) is 11.8. The van der Waals surface area contributed by atoms with Gasteiger partial charge in [-0.3, -0.25) is 9.59 Å². The number of phenols is 1. The number of alkyl carbamates (subject to hydrolysis) is 1. The molecule has 0 radical (unpaired) electrons. The molecule has 0 saturated heterocycles. The number of hydrogen-bond donors (Lipinski definition) is 3. The molecule has 3 aromatic carbocycles. The third-order valence-corrected chi connectivity index (χ3v) is 6.95. The second-order valence-corrected chi connectivity index (χ2v) is 13.3. The number of nitrogens with zero attached hydrogens (tertiary/aromatic N) is 1. The molecule has 3 unspecified atom stereocenters. The molecule has 3 atom stereocenters. The third-order valence-electron chi connectivity index (χ3n) is 6.95. The van der Waals surface area contributed by atoms with Crippen molar-refractivity contribution in [3.8, 4) is 5.75 Å². The van der Waals surface area contributed by atoms with Crippen molar-refractivity contribution in [1.29, 1.82) is 0 Å². The summed E-state index contributed by atoms with van der Waals surface area (Å²) in [6.45, 7) is 12.2. The van der Waals surface area contributed by atoms with Gasteiger partial charge in [0.15, 0.2) is 0 Å². The number of rotatable bonds is 12. The summed E-state index contributed by atoms with van der Waals surface area (Å²) in [5.74, 6) is -1.67. The minimum absolute atomic E-state index is 0.0581. The fourth-order valence-corrected chi connectivity index (χ4v) is 4.96. The van der Waals surface area contributed by atoms with Gasteiger partial charge in [0.25, 0.3) is 0 Å². The summed E-state index contributed by atoms with van der Waals surface area (Å²) in [5.41, 5.74) is 0.391. The number of aromatic hydroxyl groups is 1. The van der Waals surface area contributed by atoms with Crippen molar-refractivity contribution < 1.29 is 33.8 Å². The Morgan fingerprint density at radius 2 is 1.21 bits per heavy atom. The predicted molar refractivity (Wildman–Crippen MR) is 179 cm³/mol. The van der Waals surface area contributed by atoms with Crippen LogP contribution in [0.4, 0.5) is 4.79 Å². The monoisotopic (exact) mass is 645 g/mol. The molecular formula is C37H47N3O7. The summed E-state index contributed by atoms with van der Waals surface area (Å²) in [6.07, 6.45) is -0.557. The maximum absolute atomic E-state index is 14.4. The van der Waals surface area contributed by atoms with Gasteiger partial charge in [-0.15, -0.1) is 0 Å². The second kappa shape index (κ2) is 16.1. The van der Waals surface area contributed by atoms with E-state index in [0.717, 1.165) is 5.56 Å². The number of hydrogen-bond acceptors (Lipinski definition) is 7. The van der Waals surface area contributed by atoms with Crippen LogP contribution in [-0.2, 0) is 36.7 Å². The molecule has 0 heterocycles. The Labute approximate surface area is 277 Å². The number of ether oxygens (including phenoxy) is 2. The molecule has 0 aliphatic rings. The van der Waals surface area contributed by atoms with Crippen LogP contribution in [0.3, 0.4) is 0 Å². The van der Waals surface area contributed by atoms with Crippen LogP contribution < -0.4 is 10.6 Å². The van der Waals surface area contributed by atoms with E-state index in [2.05, 4.69) is 10.6 Å². The number of amides is 3. The number of benzene rings is 3. The van der Waals surface area contributed by atoms with Gasteiger partial charge < -0.3 is 30.1 Å². The highest BCUT2D eigenvalue weighted by atomic mass is 16.6. The summed E-state index contributed by atoms with van der Waals surface area (Å²) in [6, 6.07) is 21.0. The fraction of sp³-hybridized carbons (Fsp3) is 0.405. The van der Waals surface area contributed by atoms with E-state index in [1.165, 1.54) is 17.0 Å². The lowest BCUT2D eigenvalue weighted by atomic mass is 9.99. The van der Waals surface area contributed by atoms with Gasteiger partial charge in [-0.1, -0.05) is 72.8 Å². The first-order valence-corrected chi connectivity index (χ1v) is 15.8. The minimum atomic E-state index is -1.16. The minimum Gasteiger partial charge on any atom is -0.508 e. The number of likely N-dealkylation sites (N-methyl/N-ethyl adjacent to an activating group) is 1. The molecule has 47 heavy (non-hydrogen) atoms. The van der Waals surface area contributed by atoms with Crippen LogP contribution in [0.15, 0.2) is 84.9 Å². The summed E-state index contributed by atoms with van der Waals surface area (Å²) in [5, 5.41) is 15.4. The molecule has 10 nitrogen and oxygen atoms in total. The number of carbonyl (C=O) groups is 4. The highest BCUT2D eigenvalue weighted by Gasteiger charge is 2.37. The average molecular weight is 646 g/mol. The van der Waals surface area contributed by atoms with Gasteiger partial charge in [0, 0.05) is 19.4 Å². The molecule has 3 aromatic rings.